The highest BCUT2D eigenvalue weighted by molar-refractivity contribution is 5.83. The van der Waals surface area contributed by atoms with E-state index in [1.165, 1.54) is 0 Å². The zero-order chi connectivity index (χ0) is 16.0. The minimum Gasteiger partial charge on any atom is -0.478 e. The molecule has 0 spiro atoms. The Hall–Kier alpha value is -3.16. The van der Waals surface area contributed by atoms with E-state index in [0.717, 1.165) is 48.6 Å². The molecule has 0 saturated heterocycles. The van der Waals surface area contributed by atoms with Gasteiger partial charge in [-0.1, -0.05) is 24.3 Å². The molecule has 0 atom stereocenters. The van der Waals surface area contributed by atoms with Gasteiger partial charge >= 0.3 is 23.9 Å². The highest BCUT2D eigenvalue weighted by atomic mass is 16.4. The van der Waals surface area contributed by atoms with Gasteiger partial charge in [-0.3, -0.25) is 0 Å². The van der Waals surface area contributed by atoms with E-state index in [4.69, 9.17) is 20.4 Å². The molecule has 0 aliphatic carbocycles. The Morgan fingerprint density at radius 2 is 0.600 bits per heavy atom. The number of carbonyl (C=O) groups is 4. The fourth-order valence-electron chi connectivity index (χ4n) is 0.551. The zero-order valence-corrected chi connectivity index (χ0v) is 10.0. The van der Waals surface area contributed by atoms with Crippen LogP contribution in [0.15, 0.2) is 48.6 Å². The molecule has 0 radical (unpaired) electrons. The lowest BCUT2D eigenvalue weighted by Crippen LogP contribution is -1.86. The van der Waals surface area contributed by atoms with Crippen molar-refractivity contribution in [1.29, 1.82) is 0 Å². The molecule has 0 aliphatic rings. The molecular weight excluding hydrogens is 272 g/mol. The monoisotopic (exact) mass is 284 g/mol. The van der Waals surface area contributed by atoms with Crippen molar-refractivity contribution in [3.63, 3.8) is 0 Å². The van der Waals surface area contributed by atoms with Crippen LogP contribution in [0.5, 0.6) is 0 Å². The Kier molecular flexibility index (Phi) is 11.8. The molecule has 0 bridgehead atoms. The van der Waals surface area contributed by atoms with Gasteiger partial charge in [0.25, 0.3) is 0 Å². The molecule has 20 heavy (non-hydrogen) atoms. The lowest BCUT2D eigenvalue weighted by atomic mass is 10.4. The molecule has 0 aromatic heterocycles. The third-order valence-corrected chi connectivity index (χ3v) is 1.18. The summed E-state index contributed by atoms with van der Waals surface area (Å²) in [7, 11) is 0. The van der Waals surface area contributed by atoms with E-state index < -0.39 is 23.9 Å². The number of aliphatic carboxylic acids is 4. The van der Waals surface area contributed by atoms with E-state index in [0.29, 0.717) is 0 Å². The maximum absolute atomic E-state index is 9.78. The molecule has 0 aromatic carbocycles. The van der Waals surface area contributed by atoms with Crippen molar-refractivity contribution in [2.45, 2.75) is 0 Å². The molecule has 0 amide bonds. The van der Waals surface area contributed by atoms with Crippen molar-refractivity contribution >= 4 is 23.9 Å². The van der Waals surface area contributed by atoms with E-state index in [9.17, 15) is 19.2 Å². The predicted octanol–water partition coefficient (Wildman–Crippen LogP) is 0.536. The quantitative estimate of drug-likeness (QED) is 0.407. The Morgan fingerprint density at radius 3 is 0.700 bits per heavy atom. The van der Waals surface area contributed by atoms with Crippen LogP contribution in [0.2, 0.25) is 0 Å². The van der Waals surface area contributed by atoms with Crippen LogP contribution in [0, 0.1) is 0 Å². The predicted molar refractivity (Wildman–Crippen MR) is 67.1 cm³/mol. The van der Waals surface area contributed by atoms with Gasteiger partial charge in [-0.25, -0.2) is 19.2 Å². The zero-order valence-electron chi connectivity index (χ0n) is 10.0. The molecule has 8 nitrogen and oxygen atoms in total. The highest BCUT2D eigenvalue weighted by Gasteiger charge is 1.84. The SMILES string of the molecule is O=C(O)/C=C/C=C/C(=O)O.O=C(O)/C=C\C=C/C(=O)O. The first-order valence-corrected chi connectivity index (χ1v) is 4.87. The standard InChI is InChI=1S/2C6H6O4/c2*7-5(8)3-1-2-4-6(9)10/h2*1-4H,(H,7,8)(H,9,10)/b3-1+,4-2+;3-1-,4-2-. The summed E-state index contributed by atoms with van der Waals surface area (Å²) >= 11 is 0. The number of hydrogen-bond donors (Lipinski definition) is 4. The fraction of sp³-hybridized carbons (Fsp3) is 0. The second kappa shape index (κ2) is 12.3. The van der Waals surface area contributed by atoms with Crippen molar-refractivity contribution < 1.29 is 39.6 Å². The first-order valence-electron chi connectivity index (χ1n) is 4.87. The molecule has 0 aromatic rings. The van der Waals surface area contributed by atoms with Crippen molar-refractivity contribution in [1.82, 2.24) is 0 Å². The second-order valence-electron chi connectivity index (χ2n) is 2.79. The number of rotatable bonds is 6. The smallest absolute Gasteiger partial charge is 0.328 e. The Balaban J connectivity index is 0. The van der Waals surface area contributed by atoms with Gasteiger partial charge < -0.3 is 20.4 Å². The van der Waals surface area contributed by atoms with Crippen LogP contribution in [0.1, 0.15) is 0 Å². The van der Waals surface area contributed by atoms with Gasteiger partial charge in [0.2, 0.25) is 0 Å². The molecule has 0 fully saturated rings. The van der Waals surface area contributed by atoms with Gasteiger partial charge in [-0.15, -0.1) is 0 Å². The summed E-state index contributed by atoms with van der Waals surface area (Å²) in [5.74, 6) is -4.41. The minimum absolute atomic E-state index is 0.847. The van der Waals surface area contributed by atoms with Gasteiger partial charge in [0, 0.05) is 24.3 Å². The summed E-state index contributed by atoms with van der Waals surface area (Å²) in [6.07, 6.45) is 7.93. The van der Waals surface area contributed by atoms with Crippen LogP contribution in [0.3, 0.4) is 0 Å². The summed E-state index contributed by atoms with van der Waals surface area (Å²) in [6.45, 7) is 0. The van der Waals surface area contributed by atoms with Crippen molar-refractivity contribution in [3.8, 4) is 0 Å². The summed E-state index contributed by atoms with van der Waals surface area (Å²) in [5.41, 5.74) is 0. The van der Waals surface area contributed by atoms with Crippen molar-refractivity contribution in [2.24, 2.45) is 0 Å². The number of carboxylic acid groups (broad SMARTS) is 4. The lowest BCUT2D eigenvalue weighted by molar-refractivity contribution is -0.132. The normalized spacial score (nSPS) is 10.8. The third kappa shape index (κ3) is 24.2. The summed E-state index contributed by atoms with van der Waals surface area (Å²) < 4.78 is 0. The van der Waals surface area contributed by atoms with Crippen LogP contribution in [0.25, 0.3) is 0 Å². The van der Waals surface area contributed by atoms with Crippen LogP contribution >= 0.6 is 0 Å². The van der Waals surface area contributed by atoms with E-state index in [1.807, 2.05) is 0 Å². The molecule has 0 heterocycles. The molecule has 0 unspecified atom stereocenters. The second-order valence-corrected chi connectivity index (χ2v) is 2.79. The van der Waals surface area contributed by atoms with Crippen molar-refractivity contribution in [3.05, 3.63) is 48.6 Å². The van der Waals surface area contributed by atoms with Gasteiger partial charge in [-0.2, -0.15) is 0 Å². The van der Waals surface area contributed by atoms with E-state index >= 15 is 0 Å². The van der Waals surface area contributed by atoms with Crippen LogP contribution in [-0.2, 0) is 19.2 Å². The Labute approximate surface area is 113 Å². The molecule has 0 rings (SSSR count). The maximum atomic E-state index is 9.78. The minimum atomic E-state index is -1.10. The van der Waals surface area contributed by atoms with E-state index in [-0.39, 0.29) is 0 Å². The van der Waals surface area contributed by atoms with E-state index in [2.05, 4.69) is 0 Å². The largest absolute Gasteiger partial charge is 0.478 e. The number of allylic oxidation sites excluding steroid dienone is 4. The molecule has 0 aliphatic heterocycles. The number of hydrogen-bond acceptors (Lipinski definition) is 4. The Morgan fingerprint density at radius 1 is 0.450 bits per heavy atom. The summed E-state index contributed by atoms with van der Waals surface area (Å²) in [4.78, 5) is 39.1. The Bertz CT molecular complexity index is 380. The van der Waals surface area contributed by atoms with Crippen molar-refractivity contribution in [2.75, 3.05) is 0 Å². The molecular formula is C12H12O8. The van der Waals surface area contributed by atoms with Gasteiger partial charge in [-0.05, 0) is 0 Å². The number of carboxylic acids is 4. The van der Waals surface area contributed by atoms with Gasteiger partial charge in [0.1, 0.15) is 0 Å². The fourth-order valence-corrected chi connectivity index (χ4v) is 0.551. The first kappa shape index (κ1) is 19.2. The van der Waals surface area contributed by atoms with Gasteiger partial charge in [0.05, 0.1) is 0 Å². The first-order chi connectivity index (χ1) is 9.25. The van der Waals surface area contributed by atoms with E-state index in [1.54, 1.807) is 0 Å². The summed E-state index contributed by atoms with van der Waals surface area (Å²) in [5, 5.41) is 32.0. The summed E-state index contributed by atoms with van der Waals surface area (Å²) in [6, 6.07) is 0. The molecule has 108 valence electrons. The average Bonchev–Trinajstić information content (AvgIpc) is 2.30. The third-order valence-electron chi connectivity index (χ3n) is 1.18. The molecule has 8 heteroatoms. The molecule has 4 N–H and O–H groups in total. The van der Waals surface area contributed by atoms with Crippen LogP contribution in [0.4, 0.5) is 0 Å². The van der Waals surface area contributed by atoms with Crippen LogP contribution in [-0.4, -0.2) is 44.3 Å². The van der Waals surface area contributed by atoms with Gasteiger partial charge in [0.15, 0.2) is 0 Å². The average molecular weight is 284 g/mol. The lowest BCUT2D eigenvalue weighted by Gasteiger charge is -1.75. The van der Waals surface area contributed by atoms with Crippen LogP contribution < -0.4 is 0 Å². The maximum Gasteiger partial charge on any atom is 0.328 e. The highest BCUT2D eigenvalue weighted by Crippen LogP contribution is 1.77. The molecule has 0 saturated carbocycles. The topological polar surface area (TPSA) is 149 Å².